The largest absolute Gasteiger partial charge is 0.345 e. The van der Waals surface area contributed by atoms with E-state index in [9.17, 15) is 0 Å². The van der Waals surface area contributed by atoms with E-state index in [2.05, 4.69) is 54.3 Å². The van der Waals surface area contributed by atoms with E-state index in [1.165, 1.54) is 0 Å². The average Bonchev–Trinajstić information content (AvgIpc) is 3.38. The fraction of sp³-hybridized carbons (Fsp3) is 0.308. The summed E-state index contributed by atoms with van der Waals surface area (Å²) in [4.78, 5) is 8.38. The summed E-state index contributed by atoms with van der Waals surface area (Å²) < 4.78 is 14.4. The molecule has 6 heteroatoms. The van der Waals surface area contributed by atoms with Gasteiger partial charge in [-0.15, -0.1) is 0 Å². The zero-order chi connectivity index (χ0) is 22.1. The summed E-state index contributed by atoms with van der Waals surface area (Å²) in [5, 5.41) is 4.60. The van der Waals surface area contributed by atoms with Crippen LogP contribution < -0.4 is 0 Å². The standard InChI is InChI=1S/C26H28N4O2/c1-18-14-19(2)30(29-18)15-26(3)16-31-25(32-17-26)24-27-22(20-10-6-4-7-11-20)23(28-24)21-12-8-5-9-13-21/h4-14,25H,15-17H2,1-3H3,(H,27,28)/t25-,26+. The molecule has 0 radical (unpaired) electrons. The van der Waals surface area contributed by atoms with Gasteiger partial charge in [0.25, 0.3) is 0 Å². The lowest BCUT2D eigenvalue weighted by atomic mass is 9.92. The highest BCUT2D eigenvalue weighted by Gasteiger charge is 2.36. The zero-order valence-corrected chi connectivity index (χ0v) is 18.7. The van der Waals surface area contributed by atoms with Gasteiger partial charge in [0.1, 0.15) is 0 Å². The molecule has 0 aliphatic carbocycles. The summed E-state index contributed by atoms with van der Waals surface area (Å²) >= 11 is 0. The molecule has 0 saturated carbocycles. The lowest BCUT2D eigenvalue weighted by Gasteiger charge is -2.36. The second-order valence-corrected chi connectivity index (χ2v) is 8.93. The topological polar surface area (TPSA) is 65.0 Å². The van der Waals surface area contributed by atoms with Gasteiger partial charge in [0.05, 0.1) is 36.8 Å². The molecular weight excluding hydrogens is 400 g/mol. The molecule has 6 nitrogen and oxygen atoms in total. The van der Waals surface area contributed by atoms with Crippen molar-refractivity contribution in [2.75, 3.05) is 13.2 Å². The van der Waals surface area contributed by atoms with E-state index in [0.717, 1.165) is 40.4 Å². The quantitative estimate of drug-likeness (QED) is 0.468. The van der Waals surface area contributed by atoms with E-state index < -0.39 is 6.29 Å². The first-order valence-corrected chi connectivity index (χ1v) is 11.0. The summed E-state index contributed by atoms with van der Waals surface area (Å²) in [6, 6.07) is 22.5. The Hall–Kier alpha value is -3.22. The van der Waals surface area contributed by atoms with Gasteiger partial charge in [-0.3, -0.25) is 4.68 Å². The number of imidazole rings is 1. The van der Waals surface area contributed by atoms with E-state index in [1.807, 2.05) is 48.0 Å². The van der Waals surface area contributed by atoms with Gasteiger partial charge in [-0.2, -0.15) is 5.10 Å². The monoisotopic (exact) mass is 428 g/mol. The average molecular weight is 429 g/mol. The number of hydrogen-bond donors (Lipinski definition) is 1. The zero-order valence-electron chi connectivity index (χ0n) is 18.7. The highest BCUT2D eigenvalue weighted by atomic mass is 16.7. The number of aromatic nitrogens is 4. The Kier molecular flexibility index (Phi) is 5.41. The SMILES string of the molecule is Cc1cc(C)n(C[C@]2(C)CO[C@H](c3nc(-c4ccccc4)c(-c4ccccc4)[nH]3)OC2)n1. The van der Waals surface area contributed by atoms with Crippen LogP contribution in [0.3, 0.4) is 0 Å². The third-order valence-electron chi connectivity index (χ3n) is 5.86. The molecule has 32 heavy (non-hydrogen) atoms. The summed E-state index contributed by atoms with van der Waals surface area (Å²) in [5.41, 5.74) is 6.02. The Morgan fingerprint density at radius 3 is 2.19 bits per heavy atom. The molecule has 164 valence electrons. The van der Waals surface area contributed by atoms with Crippen LogP contribution in [0.15, 0.2) is 66.7 Å². The minimum absolute atomic E-state index is 0.156. The predicted molar refractivity (Wildman–Crippen MR) is 124 cm³/mol. The van der Waals surface area contributed by atoms with Crippen LogP contribution in [0.1, 0.15) is 30.4 Å². The van der Waals surface area contributed by atoms with Crippen molar-refractivity contribution in [3.05, 3.63) is 83.9 Å². The van der Waals surface area contributed by atoms with Crippen LogP contribution in [0.4, 0.5) is 0 Å². The van der Waals surface area contributed by atoms with Crippen molar-refractivity contribution < 1.29 is 9.47 Å². The van der Waals surface area contributed by atoms with Gasteiger partial charge in [-0.05, 0) is 19.9 Å². The van der Waals surface area contributed by atoms with Gasteiger partial charge in [-0.1, -0.05) is 67.6 Å². The maximum atomic E-state index is 6.18. The molecule has 1 aliphatic rings. The van der Waals surface area contributed by atoms with Gasteiger partial charge < -0.3 is 14.5 Å². The molecule has 1 saturated heterocycles. The van der Waals surface area contributed by atoms with Gasteiger partial charge >= 0.3 is 0 Å². The van der Waals surface area contributed by atoms with Gasteiger partial charge in [-0.25, -0.2) is 4.98 Å². The molecule has 2 aromatic heterocycles. The van der Waals surface area contributed by atoms with Crippen LogP contribution in [0.5, 0.6) is 0 Å². The fourth-order valence-corrected chi connectivity index (χ4v) is 4.21. The molecule has 5 rings (SSSR count). The maximum absolute atomic E-state index is 6.18. The summed E-state index contributed by atoms with van der Waals surface area (Å²) in [5.74, 6) is 0.691. The molecule has 0 amide bonds. The highest BCUT2D eigenvalue weighted by molar-refractivity contribution is 5.78. The second-order valence-electron chi connectivity index (χ2n) is 8.93. The molecule has 0 atom stereocenters. The van der Waals surface area contributed by atoms with Crippen LogP contribution >= 0.6 is 0 Å². The number of hydrogen-bond acceptors (Lipinski definition) is 4. The Balaban J connectivity index is 1.39. The molecule has 3 heterocycles. The van der Waals surface area contributed by atoms with Crippen molar-refractivity contribution in [1.29, 1.82) is 0 Å². The number of ether oxygens (including phenoxy) is 2. The predicted octanol–water partition coefficient (Wildman–Crippen LogP) is 5.31. The number of nitrogens with one attached hydrogen (secondary N) is 1. The van der Waals surface area contributed by atoms with Crippen molar-refractivity contribution >= 4 is 0 Å². The lowest BCUT2D eigenvalue weighted by Crippen LogP contribution is -2.40. The Morgan fingerprint density at radius 1 is 0.969 bits per heavy atom. The molecule has 4 aromatic rings. The third-order valence-corrected chi connectivity index (χ3v) is 5.86. The smallest absolute Gasteiger partial charge is 0.217 e. The molecule has 1 fully saturated rings. The Morgan fingerprint density at radius 2 is 1.59 bits per heavy atom. The Bertz CT molecular complexity index is 1130. The van der Waals surface area contributed by atoms with E-state index in [0.29, 0.717) is 19.0 Å². The van der Waals surface area contributed by atoms with Crippen molar-refractivity contribution in [2.45, 2.75) is 33.6 Å². The van der Waals surface area contributed by atoms with E-state index in [-0.39, 0.29) is 5.41 Å². The minimum atomic E-state index is -0.525. The second kappa shape index (κ2) is 8.37. The van der Waals surface area contributed by atoms with Crippen molar-refractivity contribution in [3.8, 4) is 22.5 Å². The van der Waals surface area contributed by atoms with Gasteiger partial charge in [0.15, 0.2) is 5.82 Å². The van der Waals surface area contributed by atoms with E-state index in [4.69, 9.17) is 14.5 Å². The van der Waals surface area contributed by atoms with E-state index in [1.54, 1.807) is 0 Å². The Labute approximate surface area is 188 Å². The number of benzene rings is 2. The minimum Gasteiger partial charge on any atom is -0.345 e. The number of aromatic amines is 1. The molecular formula is C26H28N4O2. The van der Waals surface area contributed by atoms with E-state index >= 15 is 0 Å². The van der Waals surface area contributed by atoms with Gasteiger partial charge in [0, 0.05) is 22.2 Å². The first-order chi connectivity index (χ1) is 15.5. The third kappa shape index (κ3) is 4.11. The van der Waals surface area contributed by atoms with Crippen LogP contribution in [0.25, 0.3) is 22.5 Å². The molecule has 0 spiro atoms. The normalized spacial score (nSPS) is 21.0. The van der Waals surface area contributed by atoms with Crippen LogP contribution in [-0.4, -0.2) is 33.0 Å². The molecule has 0 bridgehead atoms. The molecule has 1 aliphatic heterocycles. The highest BCUT2D eigenvalue weighted by Crippen LogP contribution is 2.36. The number of aryl methyl sites for hydroxylation is 2. The maximum Gasteiger partial charge on any atom is 0.217 e. The van der Waals surface area contributed by atoms with Gasteiger partial charge in [0.2, 0.25) is 6.29 Å². The molecule has 1 N–H and O–H groups in total. The molecule has 2 aromatic carbocycles. The first kappa shape index (κ1) is 20.7. The lowest BCUT2D eigenvalue weighted by molar-refractivity contribution is -0.236. The molecule has 0 unspecified atom stereocenters. The number of nitrogens with zero attached hydrogens (tertiary/aromatic N) is 3. The van der Waals surface area contributed by atoms with Crippen molar-refractivity contribution in [1.82, 2.24) is 19.7 Å². The summed E-state index contributed by atoms with van der Waals surface area (Å²) in [6.45, 7) is 8.15. The summed E-state index contributed by atoms with van der Waals surface area (Å²) in [6.07, 6.45) is -0.525. The van der Waals surface area contributed by atoms with Crippen LogP contribution in [0, 0.1) is 19.3 Å². The first-order valence-electron chi connectivity index (χ1n) is 11.0. The van der Waals surface area contributed by atoms with Crippen LogP contribution in [0.2, 0.25) is 0 Å². The number of H-pyrrole nitrogens is 1. The fourth-order valence-electron chi connectivity index (χ4n) is 4.21. The number of rotatable bonds is 5. The summed E-state index contributed by atoms with van der Waals surface area (Å²) in [7, 11) is 0. The van der Waals surface area contributed by atoms with Crippen molar-refractivity contribution in [3.63, 3.8) is 0 Å². The van der Waals surface area contributed by atoms with Crippen molar-refractivity contribution in [2.24, 2.45) is 5.41 Å². The van der Waals surface area contributed by atoms with Crippen LogP contribution in [-0.2, 0) is 16.0 Å².